The summed E-state index contributed by atoms with van der Waals surface area (Å²) in [5.74, 6) is 0. The highest BCUT2D eigenvalue weighted by molar-refractivity contribution is 4.43. The van der Waals surface area contributed by atoms with Gasteiger partial charge in [0.1, 0.15) is 2.82 Å². The van der Waals surface area contributed by atoms with Crippen molar-refractivity contribution in [3.63, 3.8) is 0 Å². The van der Waals surface area contributed by atoms with Crippen molar-refractivity contribution in [2.24, 2.45) is 0 Å². The predicted molar refractivity (Wildman–Crippen MR) is 19.1 cm³/mol. The molecule has 3 N–H and O–H groups in total. The van der Waals surface area contributed by atoms with Gasteiger partial charge in [-0.3, -0.25) is 5.32 Å². The Hall–Kier alpha value is -0.120. The number of hydrogen-bond acceptors (Lipinski definition) is 3. The molecule has 1 aliphatic rings. The van der Waals surface area contributed by atoms with Crippen LogP contribution in [-0.2, 0) is 0 Å². The second-order valence-corrected chi connectivity index (χ2v) is 0.688. The molecule has 0 aromatic carbocycles. The molecule has 30 valence electrons. The minimum atomic E-state index is -1.89. The largest absolute Gasteiger partial charge is 0.290 e. The van der Waals surface area contributed by atoms with E-state index in [2.05, 4.69) is 5.32 Å². The maximum Gasteiger partial charge on any atom is 0.143 e. The zero-order valence-electron chi connectivity index (χ0n) is 6.60. The normalized spacial score (nSPS) is 53.6. The molecule has 1 aliphatic heterocycles. The third-order valence-corrected chi connectivity index (χ3v) is 0.350. The summed E-state index contributed by atoms with van der Waals surface area (Å²) < 4.78 is 27.6. The van der Waals surface area contributed by atoms with Crippen LogP contribution in [0.4, 0.5) is 0 Å². The summed E-state index contributed by atoms with van der Waals surface area (Å²) in [7, 11) is 0. The van der Waals surface area contributed by atoms with Crippen molar-refractivity contribution in [3.8, 4) is 0 Å². The molecule has 1 fully saturated rings. The van der Waals surface area contributed by atoms with Gasteiger partial charge in [0.2, 0.25) is 0 Å². The van der Waals surface area contributed by atoms with Gasteiger partial charge in [0.15, 0.2) is 0 Å². The van der Waals surface area contributed by atoms with Gasteiger partial charge in [-0.25, -0.2) is 10.8 Å². The lowest BCUT2D eigenvalue weighted by atomic mass is 11.1. The van der Waals surface area contributed by atoms with Gasteiger partial charge in [0.25, 0.3) is 0 Å². The Balaban J connectivity index is 2.62. The van der Waals surface area contributed by atoms with E-state index in [1.54, 1.807) is 0 Å². The fourth-order valence-electron chi connectivity index (χ4n) is 0.177. The van der Waals surface area contributed by atoms with Crippen molar-refractivity contribution in [2.75, 3.05) is 13.3 Å². The monoisotopic (exact) mass is 77.1 g/mol. The van der Waals surface area contributed by atoms with E-state index >= 15 is 0 Å². The minimum absolute atomic E-state index is 0.0521. The fraction of sp³-hybridized carbons (Fsp3) is 1.00. The first-order valence-electron chi connectivity index (χ1n) is 3.24. The van der Waals surface area contributed by atoms with Crippen LogP contribution in [0.2, 0.25) is 2.82 Å². The van der Waals surface area contributed by atoms with Gasteiger partial charge < -0.3 is 0 Å². The van der Waals surface area contributed by atoms with Gasteiger partial charge >= 0.3 is 0 Å². The lowest BCUT2D eigenvalue weighted by Crippen LogP contribution is -2.21. The Morgan fingerprint density at radius 3 is 3.00 bits per heavy atom. The van der Waals surface area contributed by atoms with E-state index in [1.165, 1.54) is 0 Å². The molecule has 0 bridgehead atoms. The zero-order valence-corrected chi connectivity index (χ0v) is 2.60. The van der Waals surface area contributed by atoms with Crippen molar-refractivity contribution in [1.29, 1.82) is 0 Å². The molecule has 3 nitrogen and oxygen atoms in total. The van der Waals surface area contributed by atoms with Crippen molar-refractivity contribution in [3.05, 3.63) is 0 Å². The Kier molecular flexibility index (Phi) is 0.252. The van der Waals surface area contributed by atoms with Crippen LogP contribution in [0.1, 0.15) is 2.74 Å². The van der Waals surface area contributed by atoms with Crippen LogP contribution in [0.15, 0.2) is 0 Å². The van der Waals surface area contributed by atoms with E-state index in [4.69, 9.17) is 5.57 Å². The summed E-state index contributed by atoms with van der Waals surface area (Å²) in [6.45, 7) is -1.84. The quantitative estimate of drug-likeness (QED) is 0.333. The molecule has 1 saturated heterocycles. The molecule has 0 radical (unpaired) electrons. The lowest BCUT2D eigenvalue weighted by Gasteiger charge is -1.78. The molecular formula is C2H7N3. The maximum atomic E-state index is 6.95. The second kappa shape index (κ2) is 1.35. The summed E-state index contributed by atoms with van der Waals surface area (Å²) in [5, 5.41) is 2.31. The highest BCUT2D eigenvalue weighted by Gasteiger charge is 1.88. The first-order chi connectivity index (χ1) is 4.04. The van der Waals surface area contributed by atoms with Crippen LogP contribution in [0, 0.1) is 0 Å². The molecule has 0 unspecified atom stereocenters. The smallest absolute Gasteiger partial charge is 0.143 e. The molecule has 1 rings (SSSR count). The molecule has 1 heterocycles. The SMILES string of the molecule is [2H]N1CNC([2H])([2H])N1[2H]. The molecular weight excluding hydrogens is 66.0 g/mol. The molecule has 0 spiro atoms. The topological polar surface area (TPSA) is 36.1 Å². The van der Waals surface area contributed by atoms with Gasteiger partial charge in [0, 0.05) is 0 Å². The lowest BCUT2D eigenvalue weighted by molar-refractivity contribution is 0.689. The van der Waals surface area contributed by atoms with E-state index in [-0.39, 0.29) is 6.67 Å². The molecule has 0 aromatic heterocycles. The van der Waals surface area contributed by atoms with Crippen LogP contribution in [0.3, 0.4) is 0 Å². The van der Waals surface area contributed by atoms with E-state index < -0.39 is 6.62 Å². The Bertz CT molecular complexity index is 116. The van der Waals surface area contributed by atoms with E-state index in [1.807, 2.05) is 0 Å². The number of hydrazine groups is 1. The predicted octanol–water partition coefficient (Wildman–Crippen LogP) is -1.40. The molecule has 0 aromatic rings. The van der Waals surface area contributed by atoms with Crippen LogP contribution >= 0.6 is 0 Å². The average molecular weight is 77.1 g/mol. The van der Waals surface area contributed by atoms with Crippen molar-refractivity contribution in [2.45, 2.75) is 0 Å². The van der Waals surface area contributed by atoms with Gasteiger partial charge in [0.05, 0.1) is 16.0 Å². The molecule has 0 atom stereocenters. The first kappa shape index (κ1) is 0.932. The molecule has 5 heavy (non-hydrogen) atoms. The van der Waals surface area contributed by atoms with Gasteiger partial charge in [-0.2, -0.15) is 0 Å². The molecule has 0 amide bonds. The van der Waals surface area contributed by atoms with Gasteiger partial charge in [-0.1, -0.05) is 0 Å². The third-order valence-electron chi connectivity index (χ3n) is 0.350. The van der Waals surface area contributed by atoms with Gasteiger partial charge in [-0.15, -0.1) is 0 Å². The highest BCUT2D eigenvalue weighted by atomic mass is 15.5. The van der Waals surface area contributed by atoms with Gasteiger partial charge in [-0.05, 0) is 0 Å². The summed E-state index contributed by atoms with van der Waals surface area (Å²) in [4.78, 5) is 0. The Morgan fingerprint density at radius 1 is 1.80 bits per heavy atom. The van der Waals surface area contributed by atoms with E-state index in [0.717, 1.165) is 0 Å². The Morgan fingerprint density at radius 2 is 2.80 bits per heavy atom. The fourth-order valence-corrected chi connectivity index (χ4v) is 0.177. The van der Waals surface area contributed by atoms with Crippen LogP contribution < -0.4 is 16.2 Å². The highest BCUT2D eigenvalue weighted by Crippen LogP contribution is 1.52. The maximum absolute atomic E-state index is 6.95. The number of nitrogens with one attached hydrogen (secondary N) is 3. The third kappa shape index (κ3) is 0.576. The number of rotatable bonds is 0. The number of hydrogen-bond donors (Lipinski definition) is 3. The Labute approximate surface area is 36.5 Å². The molecule has 0 saturated carbocycles. The summed E-state index contributed by atoms with van der Waals surface area (Å²) in [6.07, 6.45) is 0. The second-order valence-electron chi connectivity index (χ2n) is 0.688. The summed E-state index contributed by atoms with van der Waals surface area (Å²) >= 11 is 0. The standard InChI is InChI=1S/C2H7N3/c1-3-2-5-4-1/h3-5H,1-2H2/i1D2/hD2. The molecule has 0 aliphatic carbocycles. The van der Waals surface area contributed by atoms with Crippen LogP contribution in [0.25, 0.3) is 0 Å². The van der Waals surface area contributed by atoms with Crippen molar-refractivity contribution >= 4 is 0 Å². The van der Waals surface area contributed by atoms with Crippen LogP contribution in [-0.4, -0.2) is 13.3 Å². The minimum Gasteiger partial charge on any atom is -0.290 e. The molecule has 3 heteroatoms. The van der Waals surface area contributed by atoms with Crippen LogP contribution in [0.5, 0.6) is 0 Å². The first-order valence-corrected chi connectivity index (χ1v) is 1.34. The average Bonchev–Trinajstić information content (AvgIpc) is 1.97. The van der Waals surface area contributed by atoms with E-state index in [9.17, 15) is 0 Å². The summed E-state index contributed by atoms with van der Waals surface area (Å²) in [6, 6.07) is 0. The van der Waals surface area contributed by atoms with E-state index in [0.29, 0.717) is 10.8 Å². The van der Waals surface area contributed by atoms with Crippen molar-refractivity contribution < 1.29 is 5.57 Å². The zero-order chi connectivity index (χ0) is 7.07. The summed E-state index contributed by atoms with van der Waals surface area (Å²) in [5.41, 5.74) is 1.13. The van der Waals surface area contributed by atoms with Crippen molar-refractivity contribution in [1.82, 2.24) is 16.2 Å².